The minimum absolute atomic E-state index is 0. The van der Waals surface area contributed by atoms with Crippen LogP contribution in [0.2, 0.25) is 0 Å². The van der Waals surface area contributed by atoms with E-state index >= 15 is 0 Å². The number of carbonyl (C=O) groups is 1. The number of nitrogens with zero attached hydrogens (tertiary/aromatic N) is 1. The van der Waals surface area contributed by atoms with Gasteiger partial charge in [-0.25, -0.2) is 4.79 Å². The molecule has 3 heterocycles. The molecule has 1 aromatic carbocycles. The van der Waals surface area contributed by atoms with Gasteiger partial charge in [0, 0.05) is 12.5 Å². The highest BCUT2D eigenvalue weighted by molar-refractivity contribution is 5.85. The predicted octanol–water partition coefficient (Wildman–Crippen LogP) is 1.69. The summed E-state index contributed by atoms with van der Waals surface area (Å²) in [7, 11) is 0. The minimum Gasteiger partial charge on any atom is -0.480 e. The molecule has 110 valence electrons. The van der Waals surface area contributed by atoms with Gasteiger partial charge in [0.2, 0.25) is 0 Å². The fraction of sp³-hybridized carbons (Fsp3) is 0.533. The first-order valence-corrected chi connectivity index (χ1v) is 6.92. The standard InChI is InChI=1S/C15H20N2O2.ClH/c16-15(14(18)19,12-4-2-1-3-5-12)13-10-17-8-6-11(13)7-9-17;/h1-5,11,13H,6-10,16H2,(H,18,19);1H/t13-,15?;/m0./s1. The number of carboxylic acids is 1. The zero-order valence-corrected chi connectivity index (χ0v) is 12.2. The molecule has 0 aliphatic carbocycles. The number of benzene rings is 1. The van der Waals surface area contributed by atoms with Gasteiger partial charge in [-0.2, -0.15) is 0 Å². The molecule has 3 saturated heterocycles. The van der Waals surface area contributed by atoms with Crippen LogP contribution >= 0.6 is 12.4 Å². The van der Waals surface area contributed by atoms with Crippen LogP contribution in [0.25, 0.3) is 0 Å². The average molecular weight is 297 g/mol. The van der Waals surface area contributed by atoms with Gasteiger partial charge in [-0.1, -0.05) is 30.3 Å². The molecule has 5 heteroatoms. The molecular formula is C15H21ClN2O2. The molecule has 2 bridgehead atoms. The first-order valence-electron chi connectivity index (χ1n) is 6.92. The lowest BCUT2D eigenvalue weighted by Gasteiger charge is -2.50. The van der Waals surface area contributed by atoms with Crippen LogP contribution in [-0.2, 0) is 10.3 Å². The average Bonchev–Trinajstić information content (AvgIpc) is 2.48. The van der Waals surface area contributed by atoms with E-state index in [9.17, 15) is 9.90 Å². The summed E-state index contributed by atoms with van der Waals surface area (Å²) in [5.74, 6) is -0.460. The van der Waals surface area contributed by atoms with Crippen LogP contribution < -0.4 is 5.73 Å². The normalized spacial score (nSPS) is 31.1. The van der Waals surface area contributed by atoms with Crippen molar-refractivity contribution in [2.75, 3.05) is 19.6 Å². The molecule has 3 N–H and O–H groups in total. The molecule has 0 radical (unpaired) electrons. The molecule has 2 atom stereocenters. The first-order chi connectivity index (χ1) is 9.12. The minimum atomic E-state index is -1.26. The van der Waals surface area contributed by atoms with Crippen molar-refractivity contribution < 1.29 is 9.90 Å². The van der Waals surface area contributed by atoms with Gasteiger partial charge in [-0.05, 0) is 37.4 Å². The van der Waals surface area contributed by atoms with Gasteiger partial charge < -0.3 is 15.7 Å². The van der Waals surface area contributed by atoms with Gasteiger partial charge in [0.15, 0.2) is 0 Å². The van der Waals surface area contributed by atoms with Crippen LogP contribution in [0.4, 0.5) is 0 Å². The van der Waals surface area contributed by atoms with Crippen molar-refractivity contribution in [1.82, 2.24) is 4.90 Å². The van der Waals surface area contributed by atoms with Gasteiger partial charge >= 0.3 is 5.97 Å². The Hall–Kier alpha value is -1.10. The third-order valence-electron chi connectivity index (χ3n) is 4.85. The van der Waals surface area contributed by atoms with Gasteiger partial charge in [-0.3, -0.25) is 0 Å². The lowest BCUT2D eigenvalue weighted by molar-refractivity contribution is -0.150. The number of nitrogens with two attached hydrogens (primary N) is 1. The molecule has 0 saturated carbocycles. The second-order valence-electron chi connectivity index (χ2n) is 5.78. The Kier molecular flexibility index (Phi) is 4.37. The Morgan fingerprint density at radius 3 is 2.30 bits per heavy atom. The molecule has 0 spiro atoms. The number of hydrogen-bond acceptors (Lipinski definition) is 3. The number of halogens is 1. The fourth-order valence-corrected chi connectivity index (χ4v) is 3.69. The summed E-state index contributed by atoms with van der Waals surface area (Å²) in [5.41, 5.74) is 5.86. The van der Waals surface area contributed by atoms with Crippen LogP contribution in [0, 0.1) is 11.8 Å². The predicted molar refractivity (Wildman–Crippen MR) is 79.8 cm³/mol. The maximum Gasteiger partial charge on any atom is 0.328 e. The Morgan fingerprint density at radius 1 is 1.25 bits per heavy atom. The van der Waals surface area contributed by atoms with Crippen molar-refractivity contribution in [3.63, 3.8) is 0 Å². The maximum absolute atomic E-state index is 11.9. The van der Waals surface area contributed by atoms with Crippen molar-refractivity contribution in [3.05, 3.63) is 35.9 Å². The SMILES string of the molecule is Cl.NC(C(=O)O)(c1ccccc1)[C@H]1CN2CCC1CC2. The van der Waals surface area contributed by atoms with Gasteiger partial charge in [-0.15, -0.1) is 12.4 Å². The van der Waals surface area contributed by atoms with E-state index in [1.807, 2.05) is 30.3 Å². The molecule has 4 nitrogen and oxygen atoms in total. The van der Waals surface area contributed by atoms with E-state index in [0.717, 1.165) is 38.0 Å². The number of fused-ring (bicyclic) bond motifs is 3. The van der Waals surface area contributed by atoms with Crippen LogP contribution in [-0.4, -0.2) is 35.6 Å². The lowest BCUT2D eigenvalue weighted by Crippen LogP contribution is -2.61. The number of aliphatic carboxylic acids is 1. The van der Waals surface area contributed by atoms with E-state index in [1.165, 1.54) is 0 Å². The Bertz CT molecular complexity index is 474. The highest BCUT2D eigenvalue weighted by Gasteiger charge is 2.50. The van der Waals surface area contributed by atoms with Crippen LogP contribution in [0.15, 0.2) is 30.3 Å². The van der Waals surface area contributed by atoms with Gasteiger partial charge in [0.25, 0.3) is 0 Å². The van der Waals surface area contributed by atoms with E-state index < -0.39 is 11.5 Å². The summed E-state index contributed by atoms with van der Waals surface area (Å²) in [6, 6.07) is 9.29. The summed E-state index contributed by atoms with van der Waals surface area (Å²) in [4.78, 5) is 14.2. The molecule has 0 amide bonds. The molecule has 20 heavy (non-hydrogen) atoms. The van der Waals surface area contributed by atoms with Crippen LogP contribution in [0.3, 0.4) is 0 Å². The molecule has 1 unspecified atom stereocenters. The van der Waals surface area contributed by atoms with Crippen molar-refractivity contribution in [1.29, 1.82) is 0 Å². The fourth-order valence-electron chi connectivity index (χ4n) is 3.69. The van der Waals surface area contributed by atoms with Crippen molar-refractivity contribution in [2.45, 2.75) is 18.4 Å². The monoisotopic (exact) mass is 296 g/mol. The largest absolute Gasteiger partial charge is 0.480 e. The topological polar surface area (TPSA) is 66.6 Å². The second kappa shape index (κ2) is 5.72. The third kappa shape index (κ3) is 2.32. The molecule has 3 aliphatic heterocycles. The molecule has 3 fully saturated rings. The van der Waals surface area contributed by atoms with Gasteiger partial charge in [0.1, 0.15) is 5.54 Å². The lowest BCUT2D eigenvalue weighted by atomic mass is 9.66. The third-order valence-corrected chi connectivity index (χ3v) is 4.85. The Balaban J connectivity index is 0.00000147. The first kappa shape index (κ1) is 15.3. The van der Waals surface area contributed by atoms with E-state index in [4.69, 9.17) is 5.73 Å². The highest BCUT2D eigenvalue weighted by Crippen LogP contribution is 2.42. The number of hydrogen-bond donors (Lipinski definition) is 2. The number of carboxylic acid groups (broad SMARTS) is 1. The molecule has 1 aromatic rings. The van der Waals surface area contributed by atoms with Crippen LogP contribution in [0.5, 0.6) is 0 Å². The Morgan fingerprint density at radius 2 is 1.85 bits per heavy atom. The van der Waals surface area contributed by atoms with Crippen molar-refractivity contribution >= 4 is 18.4 Å². The zero-order chi connectivity index (χ0) is 13.5. The van der Waals surface area contributed by atoms with Crippen LogP contribution in [0.1, 0.15) is 18.4 Å². The van der Waals surface area contributed by atoms with E-state index in [1.54, 1.807) is 0 Å². The second-order valence-corrected chi connectivity index (χ2v) is 5.78. The quantitative estimate of drug-likeness (QED) is 0.891. The summed E-state index contributed by atoms with van der Waals surface area (Å²) in [6.45, 7) is 2.99. The smallest absolute Gasteiger partial charge is 0.328 e. The summed E-state index contributed by atoms with van der Waals surface area (Å²) < 4.78 is 0. The molecule has 4 rings (SSSR count). The van der Waals surface area contributed by atoms with E-state index in [0.29, 0.717) is 5.92 Å². The van der Waals surface area contributed by atoms with E-state index in [2.05, 4.69) is 4.90 Å². The van der Waals surface area contributed by atoms with Gasteiger partial charge in [0.05, 0.1) is 0 Å². The summed E-state index contributed by atoms with van der Waals surface area (Å²) in [6.07, 6.45) is 2.15. The van der Waals surface area contributed by atoms with Crippen molar-refractivity contribution in [2.24, 2.45) is 17.6 Å². The zero-order valence-electron chi connectivity index (χ0n) is 11.4. The number of rotatable bonds is 3. The summed E-state index contributed by atoms with van der Waals surface area (Å²) >= 11 is 0. The van der Waals surface area contributed by atoms with E-state index in [-0.39, 0.29) is 18.3 Å². The highest BCUT2D eigenvalue weighted by atomic mass is 35.5. The number of piperidine rings is 3. The molecule has 3 aliphatic rings. The Labute approximate surface area is 125 Å². The summed E-state index contributed by atoms with van der Waals surface area (Å²) in [5, 5.41) is 9.72. The maximum atomic E-state index is 11.9. The van der Waals surface area contributed by atoms with Crippen molar-refractivity contribution in [3.8, 4) is 0 Å². The molecular weight excluding hydrogens is 276 g/mol. The molecule has 0 aromatic heterocycles.